The van der Waals surface area contributed by atoms with Crippen molar-refractivity contribution >= 4 is 15.9 Å². The fraction of sp³-hybridized carbons (Fsp3) is 0.812. The van der Waals surface area contributed by atoms with E-state index in [0.29, 0.717) is 12.1 Å². The number of piperazine rings is 1. The van der Waals surface area contributed by atoms with Gasteiger partial charge in [-0.25, -0.2) is 0 Å². The SMILES string of the molecule is CCC1CNC(CC(C)C)CN1Cc1c(Br)c(C)nn1C. The minimum absolute atomic E-state index is 0.612. The average molecular weight is 357 g/mol. The van der Waals surface area contributed by atoms with Crippen LogP contribution in [0.1, 0.15) is 45.0 Å². The van der Waals surface area contributed by atoms with Gasteiger partial charge < -0.3 is 5.32 Å². The Morgan fingerprint density at radius 2 is 2.14 bits per heavy atom. The summed E-state index contributed by atoms with van der Waals surface area (Å²) in [7, 11) is 2.04. The van der Waals surface area contributed by atoms with E-state index in [-0.39, 0.29) is 0 Å². The van der Waals surface area contributed by atoms with E-state index in [4.69, 9.17) is 0 Å². The highest BCUT2D eigenvalue weighted by molar-refractivity contribution is 9.10. The zero-order valence-electron chi connectivity index (χ0n) is 14.0. The van der Waals surface area contributed by atoms with Gasteiger partial charge in [-0.3, -0.25) is 9.58 Å². The Kier molecular flexibility index (Phi) is 5.86. The van der Waals surface area contributed by atoms with Gasteiger partial charge in [-0.15, -0.1) is 0 Å². The monoisotopic (exact) mass is 356 g/mol. The average Bonchev–Trinajstić information content (AvgIpc) is 2.65. The highest BCUT2D eigenvalue weighted by atomic mass is 79.9. The van der Waals surface area contributed by atoms with Crippen LogP contribution in [0, 0.1) is 12.8 Å². The topological polar surface area (TPSA) is 33.1 Å². The van der Waals surface area contributed by atoms with Crippen molar-refractivity contribution in [3.05, 3.63) is 15.9 Å². The van der Waals surface area contributed by atoms with E-state index in [1.165, 1.54) is 23.0 Å². The van der Waals surface area contributed by atoms with E-state index in [9.17, 15) is 0 Å². The van der Waals surface area contributed by atoms with Crippen LogP contribution >= 0.6 is 15.9 Å². The van der Waals surface area contributed by atoms with Crippen LogP contribution in [0.5, 0.6) is 0 Å². The minimum atomic E-state index is 0.612. The number of hydrogen-bond donors (Lipinski definition) is 1. The lowest BCUT2D eigenvalue weighted by Gasteiger charge is -2.40. The molecule has 1 N–H and O–H groups in total. The van der Waals surface area contributed by atoms with Crippen LogP contribution in [-0.2, 0) is 13.6 Å². The molecule has 2 unspecified atom stereocenters. The Labute approximate surface area is 137 Å². The van der Waals surface area contributed by atoms with Crippen LogP contribution in [0.25, 0.3) is 0 Å². The molecule has 0 aromatic carbocycles. The van der Waals surface area contributed by atoms with E-state index in [1.54, 1.807) is 0 Å². The summed E-state index contributed by atoms with van der Waals surface area (Å²) in [6, 6.07) is 1.23. The summed E-state index contributed by atoms with van der Waals surface area (Å²) >= 11 is 3.70. The number of halogens is 1. The third kappa shape index (κ3) is 4.08. The molecule has 0 amide bonds. The minimum Gasteiger partial charge on any atom is -0.311 e. The second-order valence-electron chi connectivity index (χ2n) is 6.70. The molecule has 2 heterocycles. The van der Waals surface area contributed by atoms with Crippen LogP contribution in [0.4, 0.5) is 0 Å². The van der Waals surface area contributed by atoms with Crippen LogP contribution in [-0.4, -0.2) is 39.9 Å². The van der Waals surface area contributed by atoms with Crippen LogP contribution in [0.15, 0.2) is 4.47 Å². The smallest absolute Gasteiger partial charge is 0.0739 e. The number of rotatable bonds is 5. The van der Waals surface area contributed by atoms with Crippen molar-refractivity contribution in [2.75, 3.05) is 13.1 Å². The van der Waals surface area contributed by atoms with Crippen molar-refractivity contribution in [3.63, 3.8) is 0 Å². The molecule has 1 aromatic rings. The molecule has 1 aliphatic heterocycles. The number of nitrogens with zero attached hydrogens (tertiary/aromatic N) is 3. The van der Waals surface area contributed by atoms with Gasteiger partial charge in [0.15, 0.2) is 0 Å². The lowest BCUT2D eigenvalue weighted by molar-refractivity contribution is 0.108. The molecule has 0 aliphatic carbocycles. The molecule has 0 radical (unpaired) electrons. The summed E-state index contributed by atoms with van der Waals surface area (Å²) in [6.45, 7) is 12.2. The highest BCUT2D eigenvalue weighted by Gasteiger charge is 2.28. The normalized spacial score (nSPS) is 24.0. The summed E-state index contributed by atoms with van der Waals surface area (Å²) < 4.78 is 3.19. The predicted molar refractivity (Wildman–Crippen MR) is 91.4 cm³/mol. The van der Waals surface area contributed by atoms with Crippen molar-refractivity contribution in [2.45, 2.75) is 59.2 Å². The van der Waals surface area contributed by atoms with Crippen molar-refractivity contribution in [2.24, 2.45) is 13.0 Å². The molecular weight excluding hydrogens is 328 g/mol. The van der Waals surface area contributed by atoms with Gasteiger partial charge in [0.25, 0.3) is 0 Å². The molecule has 120 valence electrons. The van der Waals surface area contributed by atoms with Gasteiger partial charge >= 0.3 is 0 Å². The molecule has 0 spiro atoms. The highest BCUT2D eigenvalue weighted by Crippen LogP contribution is 2.24. The van der Waals surface area contributed by atoms with Gasteiger partial charge in [-0.1, -0.05) is 20.8 Å². The molecule has 0 bridgehead atoms. The summed E-state index contributed by atoms with van der Waals surface area (Å²) in [5.74, 6) is 0.744. The Morgan fingerprint density at radius 1 is 1.43 bits per heavy atom. The Bertz CT molecular complexity index is 469. The second kappa shape index (κ2) is 7.25. The molecule has 5 heteroatoms. The standard InChI is InChI=1S/C16H29BrN4/c1-6-14-8-18-13(7-11(2)3)9-21(14)10-15-16(17)12(4)19-20(15)5/h11,13-14,18H,6-10H2,1-5H3. The van der Waals surface area contributed by atoms with E-state index >= 15 is 0 Å². The molecule has 21 heavy (non-hydrogen) atoms. The number of aromatic nitrogens is 2. The van der Waals surface area contributed by atoms with Gasteiger partial charge in [0.2, 0.25) is 0 Å². The van der Waals surface area contributed by atoms with E-state index in [0.717, 1.165) is 31.2 Å². The second-order valence-corrected chi connectivity index (χ2v) is 7.49. The molecular formula is C16H29BrN4. The van der Waals surface area contributed by atoms with Crippen molar-refractivity contribution < 1.29 is 0 Å². The van der Waals surface area contributed by atoms with E-state index in [1.807, 2.05) is 11.7 Å². The first-order chi connectivity index (χ1) is 9.92. The maximum absolute atomic E-state index is 4.52. The van der Waals surface area contributed by atoms with Crippen LogP contribution in [0.2, 0.25) is 0 Å². The van der Waals surface area contributed by atoms with Crippen LogP contribution < -0.4 is 5.32 Å². The Hall–Kier alpha value is -0.390. The molecule has 1 saturated heterocycles. The summed E-state index contributed by atoms with van der Waals surface area (Å²) in [4.78, 5) is 2.63. The van der Waals surface area contributed by atoms with Gasteiger partial charge in [-0.05, 0) is 41.6 Å². The van der Waals surface area contributed by atoms with Gasteiger partial charge in [0.1, 0.15) is 0 Å². The Balaban J connectivity index is 2.10. The molecule has 1 aromatic heterocycles. The largest absolute Gasteiger partial charge is 0.311 e. The summed E-state index contributed by atoms with van der Waals surface area (Å²) in [5.41, 5.74) is 2.37. The van der Waals surface area contributed by atoms with Gasteiger partial charge in [-0.2, -0.15) is 5.10 Å². The maximum atomic E-state index is 4.52. The van der Waals surface area contributed by atoms with Crippen LogP contribution in [0.3, 0.4) is 0 Å². The zero-order chi connectivity index (χ0) is 15.6. The fourth-order valence-corrected chi connectivity index (χ4v) is 3.76. The number of nitrogens with one attached hydrogen (secondary N) is 1. The third-order valence-electron chi connectivity index (χ3n) is 4.46. The maximum Gasteiger partial charge on any atom is 0.0739 e. The molecule has 1 aliphatic rings. The first-order valence-electron chi connectivity index (χ1n) is 8.07. The molecule has 0 saturated carbocycles. The van der Waals surface area contributed by atoms with E-state index < -0.39 is 0 Å². The Morgan fingerprint density at radius 3 is 2.67 bits per heavy atom. The number of hydrogen-bond acceptors (Lipinski definition) is 3. The molecule has 1 fully saturated rings. The first-order valence-corrected chi connectivity index (χ1v) is 8.87. The fourth-order valence-electron chi connectivity index (χ4n) is 3.30. The van der Waals surface area contributed by atoms with Crippen molar-refractivity contribution in [1.29, 1.82) is 0 Å². The van der Waals surface area contributed by atoms with E-state index in [2.05, 4.69) is 58.9 Å². The lowest BCUT2D eigenvalue weighted by atomic mass is 9.99. The zero-order valence-corrected chi connectivity index (χ0v) is 15.6. The lowest BCUT2D eigenvalue weighted by Crippen LogP contribution is -2.56. The summed E-state index contributed by atoms with van der Waals surface area (Å²) in [5, 5.41) is 8.25. The van der Waals surface area contributed by atoms with Crippen molar-refractivity contribution in [1.82, 2.24) is 20.0 Å². The molecule has 2 rings (SSSR count). The third-order valence-corrected chi connectivity index (χ3v) is 5.49. The number of aryl methyl sites for hydroxylation is 2. The first kappa shape index (κ1) is 17.0. The predicted octanol–water partition coefficient (Wildman–Crippen LogP) is 3.09. The summed E-state index contributed by atoms with van der Waals surface area (Å²) in [6.07, 6.45) is 2.44. The van der Waals surface area contributed by atoms with Gasteiger partial charge in [0.05, 0.1) is 15.9 Å². The van der Waals surface area contributed by atoms with Gasteiger partial charge in [0, 0.05) is 38.8 Å². The quantitative estimate of drug-likeness (QED) is 0.879. The van der Waals surface area contributed by atoms with Crippen molar-refractivity contribution in [3.8, 4) is 0 Å². The molecule has 2 atom stereocenters. The molecule has 4 nitrogen and oxygen atoms in total.